The number of hydrogen-bond acceptors (Lipinski definition) is 4. The molecule has 0 aliphatic rings. The van der Waals surface area contributed by atoms with Gasteiger partial charge in [0.15, 0.2) is 15.8 Å². The van der Waals surface area contributed by atoms with Gasteiger partial charge in [0, 0.05) is 31.3 Å². The summed E-state index contributed by atoms with van der Waals surface area (Å²) in [4.78, 5) is 5.36. The third-order valence-electron chi connectivity index (χ3n) is 3.87. The topological polar surface area (TPSA) is 70.6 Å². The van der Waals surface area contributed by atoms with E-state index in [-0.39, 0.29) is 36.3 Å². The summed E-state index contributed by atoms with van der Waals surface area (Å²) < 4.78 is 36.8. The SMILES string of the molecule is CN=C(NCc1ccc(SC)cc1)NCc1cc(F)ccc1CS(C)(=O)=O.I. The zero-order valence-corrected chi connectivity index (χ0v) is 20.0. The molecule has 0 radical (unpaired) electrons. The van der Waals surface area contributed by atoms with E-state index in [9.17, 15) is 12.8 Å². The van der Waals surface area contributed by atoms with Crippen LogP contribution in [0, 0.1) is 5.82 Å². The van der Waals surface area contributed by atoms with Gasteiger partial charge in [-0.2, -0.15) is 0 Å². The fourth-order valence-electron chi connectivity index (χ4n) is 2.51. The number of aliphatic imine (C=N–C) groups is 1. The lowest BCUT2D eigenvalue weighted by Crippen LogP contribution is -2.36. The summed E-state index contributed by atoms with van der Waals surface area (Å²) in [7, 11) is -1.56. The Kier molecular flexibility index (Phi) is 10.3. The Balaban J connectivity index is 0.00000392. The summed E-state index contributed by atoms with van der Waals surface area (Å²) in [5, 5.41) is 6.30. The van der Waals surface area contributed by atoms with Crippen LogP contribution in [0.5, 0.6) is 0 Å². The van der Waals surface area contributed by atoms with Gasteiger partial charge in [0.25, 0.3) is 0 Å². The Hall–Kier alpha value is -1.33. The lowest BCUT2D eigenvalue weighted by atomic mass is 10.1. The molecule has 0 aliphatic heterocycles. The van der Waals surface area contributed by atoms with Crippen molar-refractivity contribution in [3.8, 4) is 0 Å². The zero-order valence-electron chi connectivity index (χ0n) is 16.0. The van der Waals surface area contributed by atoms with E-state index in [1.165, 1.54) is 23.1 Å². The number of rotatable bonds is 7. The molecule has 5 nitrogen and oxygen atoms in total. The lowest BCUT2D eigenvalue weighted by molar-refractivity contribution is 0.599. The summed E-state index contributed by atoms with van der Waals surface area (Å²) in [6, 6.07) is 12.3. The Morgan fingerprint density at radius 2 is 1.71 bits per heavy atom. The minimum Gasteiger partial charge on any atom is -0.352 e. The van der Waals surface area contributed by atoms with E-state index < -0.39 is 15.7 Å². The summed E-state index contributed by atoms with van der Waals surface area (Å²) in [5.41, 5.74) is 2.28. The van der Waals surface area contributed by atoms with Crippen LogP contribution in [0.2, 0.25) is 0 Å². The third kappa shape index (κ3) is 8.36. The number of nitrogens with one attached hydrogen (secondary N) is 2. The van der Waals surface area contributed by atoms with Crippen LogP contribution in [0.4, 0.5) is 4.39 Å². The van der Waals surface area contributed by atoms with Gasteiger partial charge < -0.3 is 10.6 Å². The number of nitrogens with zero attached hydrogens (tertiary/aromatic N) is 1. The van der Waals surface area contributed by atoms with Crippen molar-refractivity contribution in [3.05, 3.63) is 65.0 Å². The quantitative estimate of drug-likeness (QED) is 0.245. The minimum absolute atomic E-state index is 0. The first-order valence-electron chi connectivity index (χ1n) is 8.33. The van der Waals surface area contributed by atoms with Crippen molar-refractivity contribution < 1.29 is 12.8 Å². The Bertz CT molecular complexity index is 904. The van der Waals surface area contributed by atoms with Crippen LogP contribution >= 0.6 is 35.7 Å². The molecule has 2 aromatic carbocycles. The molecule has 0 aliphatic carbocycles. The van der Waals surface area contributed by atoms with E-state index in [1.54, 1.807) is 18.8 Å². The summed E-state index contributed by atoms with van der Waals surface area (Å²) in [6.07, 6.45) is 3.19. The zero-order chi connectivity index (χ0) is 19.9. The number of hydrogen-bond donors (Lipinski definition) is 2. The summed E-state index contributed by atoms with van der Waals surface area (Å²) in [5.74, 6) is 0.0253. The highest BCUT2D eigenvalue weighted by molar-refractivity contribution is 14.0. The van der Waals surface area contributed by atoms with Crippen molar-refractivity contribution in [2.75, 3.05) is 19.6 Å². The second-order valence-corrected chi connectivity index (χ2v) is 9.13. The highest BCUT2D eigenvalue weighted by Crippen LogP contribution is 2.15. The number of benzene rings is 2. The predicted molar refractivity (Wildman–Crippen MR) is 126 cm³/mol. The predicted octanol–water partition coefficient (Wildman–Crippen LogP) is 3.58. The smallest absolute Gasteiger partial charge is 0.191 e. The largest absolute Gasteiger partial charge is 0.352 e. The van der Waals surface area contributed by atoms with Gasteiger partial charge >= 0.3 is 0 Å². The number of sulfone groups is 1. The maximum atomic E-state index is 13.6. The van der Waals surface area contributed by atoms with Gasteiger partial charge in [0.1, 0.15) is 5.82 Å². The second kappa shape index (κ2) is 11.6. The van der Waals surface area contributed by atoms with E-state index in [4.69, 9.17) is 0 Å². The number of halogens is 2. The van der Waals surface area contributed by atoms with E-state index >= 15 is 0 Å². The number of guanidine groups is 1. The van der Waals surface area contributed by atoms with Gasteiger partial charge in [-0.1, -0.05) is 18.2 Å². The molecule has 0 aromatic heterocycles. The van der Waals surface area contributed by atoms with E-state index in [0.717, 1.165) is 11.8 Å². The molecule has 9 heteroatoms. The van der Waals surface area contributed by atoms with Gasteiger partial charge in [-0.3, -0.25) is 4.99 Å². The maximum absolute atomic E-state index is 13.6. The Labute approximate surface area is 187 Å². The fourth-order valence-corrected chi connectivity index (χ4v) is 3.77. The highest BCUT2D eigenvalue weighted by Gasteiger charge is 2.11. The third-order valence-corrected chi connectivity index (χ3v) is 5.45. The normalized spacial score (nSPS) is 11.6. The highest BCUT2D eigenvalue weighted by atomic mass is 127. The minimum atomic E-state index is -3.21. The molecule has 0 spiro atoms. The van der Waals surface area contributed by atoms with Crippen LogP contribution in [0.25, 0.3) is 0 Å². The van der Waals surface area contributed by atoms with Crippen LogP contribution in [-0.2, 0) is 28.7 Å². The molecule has 0 heterocycles. The first-order chi connectivity index (χ1) is 12.8. The number of thioether (sulfide) groups is 1. The Morgan fingerprint density at radius 3 is 2.29 bits per heavy atom. The molecular formula is C19H25FIN3O2S2. The molecule has 0 fully saturated rings. The maximum Gasteiger partial charge on any atom is 0.191 e. The molecule has 2 rings (SSSR count). The van der Waals surface area contributed by atoms with Crippen molar-refractivity contribution in [3.63, 3.8) is 0 Å². The van der Waals surface area contributed by atoms with Gasteiger partial charge in [0.2, 0.25) is 0 Å². The molecule has 154 valence electrons. The molecule has 0 amide bonds. The van der Waals surface area contributed by atoms with Crippen molar-refractivity contribution in [2.24, 2.45) is 4.99 Å². The van der Waals surface area contributed by atoms with Gasteiger partial charge in [-0.05, 0) is 47.2 Å². The van der Waals surface area contributed by atoms with Crippen molar-refractivity contribution >= 4 is 51.5 Å². The van der Waals surface area contributed by atoms with Crippen LogP contribution in [-0.4, -0.2) is 33.9 Å². The molecule has 2 N–H and O–H groups in total. The van der Waals surface area contributed by atoms with Crippen molar-refractivity contribution in [2.45, 2.75) is 23.7 Å². The summed E-state index contributed by atoms with van der Waals surface area (Å²) >= 11 is 1.69. The second-order valence-electron chi connectivity index (χ2n) is 6.11. The molecule has 0 saturated carbocycles. The standard InChI is InChI=1S/C19H24FN3O2S2.HI/c1-21-19(22-11-14-4-8-18(26-2)9-5-14)23-12-16-10-17(20)7-6-15(16)13-27(3,24)25;/h4-10H,11-13H2,1-3H3,(H2,21,22,23);1H. The average molecular weight is 537 g/mol. The summed E-state index contributed by atoms with van der Waals surface area (Å²) in [6.45, 7) is 0.862. The van der Waals surface area contributed by atoms with Gasteiger partial charge in [-0.15, -0.1) is 35.7 Å². The van der Waals surface area contributed by atoms with E-state index in [1.807, 2.05) is 18.4 Å². The van der Waals surface area contributed by atoms with E-state index in [2.05, 4.69) is 27.8 Å². The van der Waals surface area contributed by atoms with Crippen molar-refractivity contribution in [1.82, 2.24) is 10.6 Å². The lowest BCUT2D eigenvalue weighted by Gasteiger charge is -2.14. The van der Waals surface area contributed by atoms with Gasteiger partial charge in [0.05, 0.1) is 5.75 Å². The molecular weight excluding hydrogens is 512 g/mol. The Morgan fingerprint density at radius 1 is 1.07 bits per heavy atom. The first-order valence-corrected chi connectivity index (χ1v) is 11.6. The van der Waals surface area contributed by atoms with Crippen LogP contribution in [0.3, 0.4) is 0 Å². The monoisotopic (exact) mass is 537 g/mol. The molecule has 0 bridgehead atoms. The first kappa shape index (κ1) is 24.7. The molecule has 0 atom stereocenters. The van der Waals surface area contributed by atoms with Crippen LogP contribution in [0.1, 0.15) is 16.7 Å². The molecule has 0 unspecified atom stereocenters. The van der Waals surface area contributed by atoms with Crippen molar-refractivity contribution in [1.29, 1.82) is 0 Å². The van der Waals surface area contributed by atoms with Gasteiger partial charge in [-0.25, -0.2) is 12.8 Å². The average Bonchev–Trinajstić information content (AvgIpc) is 2.63. The fraction of sp³-hybridized carbons (Fsp3) is 0.316. The molecule has 28 heavy (non-hydrogen) atoms. The molecule has 2 aromatic rings. The van der Waals surface area contributed by atoms with Crippen LogP contribution < -0.4 is 10.6 Å². The van der Waals surface area contributed by atoms with Crippen LogP contribution in [0.15, 0.2) is 52.4 Å². The molecule has 0 saturated heterocycles. The van der Waals surface area contributed by atoms with E-state index in [0.29, 0.717) is 23.6 Å².